The third-order valence-corrected chi connectivity index (χ3v) is 4.87. The van der Waals surface area contributed by atoms with Gasteiger partial charge in [-0.15, -0.1) is 0 Å². The predicted octanol–water partition coefficient (Wildman–Crippen LogP) is 2.90. The summed E-state index contributed by atoms with van der Waals surface area (Å²) in [5.74, 6) is 0. The summed E-state index contributed by atoms with van der Waals surface area (Å²) in [6.45, 7) is 11.6. The van der Waals surface area contributed by atoms with Crippen LogP contribution in [-0.2, 0) is 4.74 Å². The number of alkyl carbamates (subject to hydrolysis) is 1. The van der Waals surface area contributed by atoms with E-state index in [1.807, 2.05) is 20.8 Å². The number of hydrogen-bond donors (Lipinski definition) is 2. The number of carbonyl (C=O) groups excluding carboxylic acids is 1. The van der Waals surface area contributed by atoms with Gasteiger partial charge in [0.15, 0.2) is 0 Å². The van der Waals surface area contributed by atoms with Crippen molar-refractivity contribution in [2.45, 2.75) is 89.9 Å². The molecular weight excluding hydrogens is 290 g/mol. The number of carbonyl (C=O) groups is 1. The third kappa shape index (κ3) is 6.68. The van der Waals surface area contributed by atoms with Crippen molar-refractivity contribution in [3.05, 3.63) is 0 Å². The molecule has 1 heterocycles. The second-order valence-electron chi connectivity index (χ2n) is 8.21. The first-order chi connectivity index (χ1) is 10.8. The number of nitrogens with zero attached hydrogens (tertiary/aromatic N) is 1. The Morgan fingerprint density at radius 1 is 1.17 bits per heavy atom. The van der Waals surface area contributed by atoms with Gasteiger partial charge >= 0.3 is 6.09 Å². The average Bonchev–Trinajstić information content (AvgIpc) is 2.91. The molecular formula is C18H35N3O2. The summed E-state index contributed by atoms with van der Waals surface area (Å²) in [5.41, 5.74) is -0.426. The molecule has 3 atom stereocenters. The van der Waals surface area contributed by atoms with Crippen LogP contribution in [0.3, 0.4) is 0 Å². The van der Waals surface area contributed by atoms with Crippen LogP contribution in [0.15, 0.2) is 0 Å². The number of piperidine rings is 1. The molecule has 3 unspecified atom stereocenters. The molecule has 23 heavy (non-hydrogen) atoms. The van der Waals surface area contributed by atoms with Crippen LogP contribution in [0.1, 0.15) is 66.2 Å². The van der Waals surface area contributed by atoms with Gasteiger partial charge in [0, 0.05) is 24.7 Å². The monoisotopic (exact) mass is 325 g/mol. The maximum atomic E-state index is 11.8. The molecule has 1 amide bonds. The highest BCUT2D eigenvalue weighted by Gasteiger charge is 2.28. The highest BCUT2D eigenvalue weighted by atomic mass is 16.6. The van der Waals surface area contributed by atoms with E-state index < -0.39 is 5.60 Å². The summed E-state index contributed by atoms with van der Waals surface area (Å²) in [5, 5.41) is 6.70. The number of ether oxygens (including phenoxy) is 1. The van der Waals surface area contributed by atoms with Gasteiger partial charge in [-0.3, -0.25) is 4.90 Å². The standard InChI is InChI=1S/C18H35N3O2/c1-14(21-10-6-5-7-11-21)13-19-15-8-9-16(12-15)20-17(22)23-18(2,3)4/h14-16,19H,5-13H2,1-4H3,(H,20,22). The summed E-state index contributed by atoms with van der Waals surface area (Å²) in [4.78, 5) is 14.4. The third-order valence-electron chi connectivity index (χ3n) is 4.87. The van der Waals surface area contributed by atoms with E-state index in [4.69, 9.17) is 4.74 Å². The van der Waals surface area contributed by atoms with Crippen LogP contribution in [0.4, 0.5) is 4.79 Å². The molecule has 1 aliphatic carbocycles. The Kier molecular flexibility index (Phi) is 6.72. The first-order valence-electron chi connectivity index (χ1n) is 9.30. The molecule has 2 aliphatic rings. The molecule has 1 saturated heterocycles. The van der Waals surface area contributed by atoms with Crippen molar-refractivity contribution in [3.8, 4) is 0 Å². The molecule has 5 heteroatoms. The van der Waals surface area contributed by atoms with Crippen LogP contribution >= 0.6 is 0 Å². The highest BCUT2D eigenvalue weighted by molar-refractivity contribution is 5.68. The second-order valence-corrected chi connectivity index (χ2v) is 8.21. The summed E-state index contributed by atoms with van der Waals surface area (Å²) >= 11 is 0. The van der Waals surface area contributed by atoms with E-state index in [0.29, 0.717) is 12.1 Å². The van der Waals surface area contributed by atoms with Crippen molar-refractivity contribution < 1.29 is 9.53 Å². The lowest BCUT2D eigenvalue weighted by atomic mass is 10.1. The van der Waals surface area contributed by atoms with Gasteiger partial charge in [-0.25, -0.2) is 4.79 Å². The minimum Gasteiger partial charge on any atom is -0.444 e. The lowest BCUT2D eigenvalue weighted by Crippen LogP contribution is -2.45. The van der Waals surface area contributed by atoms with E-state index in [0.717, 1.165) is 25.8 Å². The molecule has 0 spiro atoms. The van der Waals surface area contributed by atoms with Gasteiger partial charge in [-0.2, -0.15) is 0 Å². The Bertz CT molecular complexity index is 375. The number of likely N-dealkylation sites (tertiary alicyclic amines) is 1. The maximum Gasteiger partial charge on any atom is 0.407 e. The van der Waals surface area contributed by atoms with Gasteiger partial charge in [0.1, 0.15) is 5.60 Å². The fourth-order valence-corrected chi connectivity index (χ4v) is 3.60. The maximum absolute atomic E-state index is 11.8. The van der Waals surface area contributed by atoms with Gasteiger partial charge in [0.25, 0.3) is 0 Å². The zero-order valence-corrected chi connectivity index (χ0v) is 15.4. The van der Waals surface area contributed by atoms with Crippen molar-refractivity contribution in [2.75, 3.05) is 19.6 Å². The van der Waals surface area contributed by atoms with Crippen molar-refractivity contribution >= 4 is 6.09 Å². The lowest BCUT2D eigenvalue weighted by Gasteiger charge is -2.33. The van der Waals surface area contributed by atoms with E-state index in [2.05, 4.69) is 22.5 Å². The van der Waals surface area contributed by atoms with E-state index in [9.17, 15) is 4.79 Å². The fourth-order valence-electron chi connectivity index (χ4n) is 3.60. The molecule has 134 valence electrons. The van der Waals surface area contributed by atoms with Gasteiger partial charge in [0.2, 0.25) is 0 Å². The average molecular weight is 325 g/mol. The van der Waals surface area contributed by atoms with Crippen LogP contribution in [0.25, 0.3) is 0 Å². The zero-order valence-electron chi connectivity index (χ0n) is 15.4. The summed E-state index contributed by atoms with van der Waals surface area (Å²) in [6, 6.07) is 1.36. The number of amides is 1. The Labute approximate surface area is 141 Å². The van der Waals surface area contributed by atoms with Crippen LogP contribution in [0, 0.1) is 0 Å². The summed E-state index contributed by atoms with van der Waals surface area (Å²) in [7, 11) is 0. The van der Waals surface area contributed by atoms with Gasteiger partial charge in [-0.05, 0) is 72.9 Å². The van der Waals surface area contributed by atoms with Gasteiger partial charge in [-0.1, -0.05) is 6.42 Å². The Hall–Kier alpha value is -0.810. The van der Waals surface area contributed by atoms with Crippen molar-refractivity contribution in [1.29, 1.82) is 0 Å². The Morgan fingerprint density at radius 3 is 2.48 bits per heavy atom. The normalized spacial score (nSPS) is 27.7. The zero-order chi connectivity index (χ0) is 16.9. The molecule has 1 aliphatic heterocycles. The Balaban J connectivity index is 1.64. The Morgan fingerprint density at radius 2 is 1.83 bits per heavy atom. The molecule has 0 aromatic rings. The van der Waals surface area contributed by atoms with Crippen LogP contribution < -0.4 is 10.6 Å². The number of nitrogens with one attached hydrogen (secondary N) is 2. The molecule has 0 aromatic heterocycles. The van der Waals surface area contributed by atoms with Crippen molar-refractivity contribution in [2.24, 2.45) is 0 Å². The molecule has 0 bridgehead atoms. The topological polar surface area (TPSA) is 53.6 Å². The molecule has 2 N–H and O–H groups in total. The highest BCUT2D eigenvalue weighted by Crippen LogP contribution is 2.20. The fraction of sp³-hybridized carbons (Fsp3) is 0.944. The largest absolute Gasteiger partial charge is 0.444 e. The molecule has 1 saturated carbocycles. The van der Waals surface area contributed by atoms with Crippen molar-refractivity contribution in [3.63, 3.8) is 0 Å². The SMILES string of the molecule is CC(CNC1CCC(NC(=O)OC(C)(C)C)C1)N1CCCCC1. The predicted molar refractivity (Wildman–Crippen MR) is 93.7 cm³/mol. The van der Waals surface area contributed by atoms with Gasteiger partial charge < -0.3 is 15.4 Å². The molecule has 5 nitrogen and oxygen atoms in total. The smallest absolute Gasteiger partial charge is 0.407 e. The number of hydrogen-bond acceptors (Lipinski definition) is 4. The van der Waals surface area contributed by atoms with E-state index >= 15 is 0 Å². The van der Waals surface area contributed by atoms with E-state index in [-0.39, 0.29) is 12.1 Å². The number of rotatable bonds is 5. The molecule has 2 fully saturated rings. The van der Waals surface area contributed by atoms with Crippen LogP contribution in [-0.4, -0.2) is 54.4 Å². The molecule has 0 aromatic carbocycles. The quantitative estimate of drug-likeness (QED) is 0.816. The molecule has 0 radical (unpaired) electrons. The summed E-state index contributed by atoms with van der Waals surface area (Å²) < 4.78 is 5.34. The molecule has 2 rings (SSSR count). The van der Waals surface area contributed by atoms with E-state index in [1.165, 1.54) is 32.4 Å². The minimum atomic E-state index is -0.426. The van der Waals surface area contributed by atoms with Crippen LogP contribution in [0.2, 0.25) is 0 Å². The summed E-state index contributed by atoms with van der Waals surface area (Å²) in [6.07, 6.45) is 6.96. The minimum absolute atomic E-state index is 0.243. The first kappa shape index (κ1) is 18.5. The lowest BCUT2D eigenvalue weighted by molar-refractivity contribution is 0.0505. The van der Waals surface area contributed by atoms with E-state index in [1.54, 1.807) is 0 Å². The first-order valence-corrected chi connectivity index (χ1v) is 9.30. The van der Waals surface area contributed by atoms with Gasteiger partial charge in [0.05, 0.1) is 0 Å². The van der Waals surface area contributed by atoms with Crippen LogP contribution in [0.5, 0.6) is 0 Å². The van der Waals surface area contributed by atoms with Crippen molar-refractivity contribution in [1.82, 2.24) is 15.5 Å². The second kappa shape index (κ2) is 8.34.